The van der Waals surface area contributed by atoms with E-state index in [1.54, 1.807) is 0 Å². The van der Waals surface area contributed by atoms with Gasteiger partial charge in [-0.05, 0) is 18.3 Å². The van der Waals surface area contributed by atoms with E-state index in [1.807, 2.05) is 10.8 Å². The normalized spacial score (nSPS) is 27.3. The van der Waals surface area contributed by atoms with Crippen LogP contribution in [0.1, 0.15) is 33.6 Å². The van der Waals surface area contributed by atoms with E-state index in [2.05, 4.69) is 31.6 Å². The van der Waals surface area contributed by atoms with E-state index in [9.17, 15) is 0 Å². The van der Waals surface area contributed by atoms with Gasteiger partial charge in [0, 0.05) is 11.0 Å². The molecule has 1 fully saturated rings. The SMILES string of the molecule is CC(C)(C)CC1CCSS1. The molecule has 0 radical (unpaired) electrons. The van der Waals surface area contributed by atoms with Crippen LogP contribution in [0, 0.1) is 5.41 Å². The highest BCUT2D eigenvalue weighted by Gasteiger charge is 2.22. The summed E-state index contributed by atoms with van der Waals surface area (Å²) < 4.78 is 0. The first-order chi connectivity index (χ1) is 4.58. The lowest BCUT2D eigenvalue weighted by Crippen LogP contribution is -2.12. The summed E-state index contributed by atoms with van der Waals surface area (Å²) in [5.41, 5.74) is 0.530. The minimum Gasteiger partial charge on any atom is -0.0938 e. The predicted octanol–water partition coefficient (Wildman–Crippen LogP) is 3.58. The van der Waals surface area contributed by atoms with Gasteiger partial charge in [-0.25, -0.2) is 0 Å². The van der Waals surface area contributed by atoms with Gasteiger partial charge in [0.05, 0.1) is 0 Å². The second kappa shape index (κ2) is 3.40. The van der Waals surface area contributed by atoms with Gasteiger partial charge in [-0.2, -0.15) is 0 Å². The molecule has 1 unspecified atom stereocenters. The average molecular weight is 176 g/mol. The third-order valence-corrected chi connectivity index (χ3v) is 4.51. The summed E-state index contributed by atoms with van der Waals surface area (Å²) in [5, 5.41) is 0.935. The fourth-order valence-corrected chi connectivity index (χ4v) is 4.44. The smallest absolute Gasteiger partial charge is 0.0164 e. The van der Waals surface area contributed by atoms with E-state index in [-0.39, 0.29) is 0 Å². The van der Waals surface area contributed by atoms with Gasteiger partial charge >= 0.3 is 0 Å². The first-order valence-corrected chi connectivity index (χ1v) is 6.24. The lowest BCUT2D eigenvalue weighted by molar-refractivity contribution is 0.371. The van der Waals surface area contributed by atoms with Crippen LogP contribution < -0.4 is 0 Å². The summed E-state index contributed by atoms with van der Waals surface area (Å²) >= 11 is 0. The molecule has 0 amide bonds. The van der Waals surface area contributed by atoms with Gasteiger partial charge in [0.25, 0.3) is 0 Å². The van der Waals surface area contributed by atoms with Crippen LogP contribution in [0.5, 0.6) is 0 Å². The quantitative estimate of drug-likeness (QED) is 0.560. The fourth-order valence-electron chi connectivity index (χ4n) is 1.19. The van der Waals surface area contributed by atoms with Crippen molar-refractivity contribution >= 4 is 21.6 Å². The van der Waals surface area contributed by atoms with Crippen molar-refractivity contribution in [2.45, 2.75) is 38.9 Å². The van der Waals surface area contributed by atoms with Crippen LogP contribution in [0.15, 0.2) is 0 Å². The molecule has 0 nitrogen and oxygen atoms in total. The second-order valence-electron chi connectivity index (χ2n) is 4.09. The molecule has 0 aromatic heterocycles. The Morgan fingerprint density at radius 1 is 1.40 bits per heavy atom. The van der Waals surface area contributed by atoms with Crippen molar-refractivity contribution in [3.05, 3.63) is 0 Å². The van der Waals surface area contributed by atoms with Gasteiger partial charge in [0.1, 0.15) is 0 Å². The van der Waals surface area contributed by atoms with E-state index in [0.717, 1.165) is 5.25 Å². The van der Waals surface area contributed by atoms with Crippen LogP contribution in [0.2, 0.25) is 0 Å². The summed E-state index contributed by atoms with van der Waals surface area (Å²) in [6.07, 6.45) is 2.80. The molecule has 1 rings (SSSR count). The second-order valence-corrected chi connectivity index (χ2v) is 6.88. The molecule has 1 aliphatic rings. The van der Waals surface area contributed by atoms with Crippen molar-refractivity contribution in [2.24, 2.45) is 5.41 Å². The summed E-state index contributed by atoms with van der Waals surface area (Å²) in [6.45, 7) is 6.99. The zero-order valence-electron chi connectivity index (χ0n) is 7.02. The van der Waals surface area contributed by atoms with E-state index in [1.165, 1.54) is 18.6 Å². The Morgan fingerprint density at radius 2 is 2.10 bits per heavy atom. The van der Waals surface area contributed by atoms with E-state index >= 15 is 0 Å². The number of hydrogen-bond donors (Lipinski definition) is 0. The van der Waals surface area contributed by atoms with Crippen molar-refractivity contribution < 1.29 is 0 Å². The van der Waals surface area contributed by atoms with Crippen LogP contribution in [-0.2, 0) is 0 Å². The summed E-state index contributed by atoms with van der Waals surface area (Å²) in [4.78, 5) is 0. The largest absolute Gasteiger partial charge is 0.0938 e. The van der Waals surface area contributed by atoms with Gasteiger partial charge in [0.2, 0.25) is 0 Å². The Hall–Kier alpha value is 0.700. The third-order valence-electron chi connectivity index (χ3n) is 1.57. The van der Waals surface area contributed by atoms with Gasteiger partial charge in [0.15, 0.2) is 0 Å². The lowest BCUT2D eigenvalue weighted by atomic mass is 9.90. The van der Waals surface area contributed by atoms with Crippen molar-refractivity contribution in [1.82, 2.24) is 0 Å². The van der Waals surface area contributed by atoms with E-state index in [0.29, 0.717) is 5.41 Å². The molecule has 1 aliphatic heterocycles. The van der Waals surface area contributed by atoms with Crippen LogP contribution >= 0.6 is 21.6 Å². The third kappa shape index (κ3) is 3.20. The molecule has 10 heavy (non-hydrogen) atoms. The molecule has 2 heteroatoms. The van der Waals surface area contributed by atoms with Crippen LogP contribution in [0.3, 0.4) is 0 Å². The van der Waals surface area contributed by atoms with Gasteiger partial charge in [-0.1, -0.05) is 42.4 Å². The van der Waals surface area contributed by atoms with Crippen LogP contribution in [0.4, 0.5) is 0 Å². The monoisotopic (exact) mass is 176 g/mol. The molecular weight excluding hydrogens is 160 g/mol. The summed E-state index contributed by atoms with van der Waals surface area (Å²) in [6, 6.07) is 0. The Bertz CT molecular complexity index is 98.3. The summed E-state index contributed by atoms with van der Waals surface area (Å²) in [5.74, 6) is 1.37. The Balaban J connectivity index is 2.24. The van der Waals surface area contributed by atoms with Gasteiger partial charge in [-0.15, -0.1) is 0 Å². The minimum atomic E-state index is 0.530. The molecule has 60 valence electrons. The van der Waals surface area contributed by atoms with Gasteiger partial charge < -0.3 is 0 Å². The molecule has 0 bridgehead atoms. The van der Waals surface area contributed by atoms with Crippen LogP contribution in [-0.4, -0.2) is 11.0 Å². The molecule has 1 heterocycles. The molecule has 1 saturated heterocycles. The van der Waals surface area contributed by atoms with E-state index < -0.39 is 0 Å². The molecule has 0 saturated carbocycles. The number of rotatable bonds is 1. The molecular formula is C8H16S2. The molecule has 0 aromatic carbocycles. The maximum absolute atomic E-state index is 2.33. The maximum Gasteiger partial charge on any atom is 0.0164 e. The first kappa shape index (κ1) is 8.79. The highest BCUT2D eigenvalue weighted by molar-refractivity contribution is 8.77. The molecule has 0 aliphatic carbocycles. The lowest BCUT2D eigenvalue weighted by Gasteiger charge is -2.21. The molecule has 0 N–H and O–H groups in total. The Labute approximate surface area is 71.9 Å². The van der Waals surface area contributed by atoms with E-state index in [4.69, 9.17) is 0 Å². The van der Waals surface area contributed by atoms with Crippen molar-refractivity contribution in [3.8, 4) is 0 Å². The molecule has 0 aromatic rings. The Kier molecular flexibility index (Phi) is 2.99. The maximum atomic E-state index is 2.33. The van der Waals surface area contributed by atoms with Crippen LogP contribution in [0.25, 0.3) is 0 Å². The average Bonchev–Trinajstić information content (AvgIpc) is 2.12. The van der Waals surface area contributed by atoms with Crippen molar-refractivity contribution in [3.63, 3.8) is 0 Å². The zero-order valence-corrected chi connectivity index (χ0v) is 8.65. The zero-order chi connectivity index (χ0) is 7.61. The summed E-state index contributed by atoms with van der Waals surface area (Å²) in [7, 11) is 4.13. The highest BCUT2D eigenvalue weighted by atomic mass is 33.1. The number of hydrogen-bond acceptors (Lipinski definition) is 2. The van der Waals surface area contributed by atoms with Gasteiger partial charge in [-0.3, -0.25) is 0 Å². The van der Waals surface area contributed by atoms with Crippen molar-refractivity contribution in [1.29, 1.82) is 0 Å². The van der Waals surface area contributed by atoms with Crippen molar-refractivity contribution in [2.75, 3.05) is 5.75 Å². The first-order valence-electron chi connectivity index (χ1n) is 3.86. The molecule has 1 atom stereocenters. The fraction of sp³-hybridized carbons (Fsp3) is 1.00. The Morgan fingerprint density at radius 3 is 2.50 bits per heavy atom. The molecule has 0 spiro atoms. The topological polar surface area (TPSA) is 0 Å². The predicted molar refractivity (Wildman–Crippen MR) is 52.5 cm³/mol. The standard InChI is InChI=1S/C8H16S2/c1-8(2,3)6-7-4-5-9-10-7/h7H,4-6H2,1-3H3. The highest BCUT2D eigenvalue weighted by Crippen LogP contribution is 2.42. The minimum absolute atomic E-state index is 0.530.